The minimum absolute atomic E-state index is 0.00591. The minimum atomic E-state index is -1.28. The lowest BCUT2D eigenvalue weighted by molar-refractivity contribution is 0.0696. The lowest BCUT2D eigenvalue weighted by Crippen LogP contribution is -2.15. The average Bonchev–Trinajstić information content (AvgIpc) is 3.46. The second kappa shape index (κ2) is 9.65. The van der Waals surface area contributed by atoms with Gasteiger partial charge in [-0.1, -0.05) is 34.6 Å². The SMILES string of the molecule is CC(C)c1nn(C)c2c(N)c(C(C)(C)C)nn12.N#Cc1cnn(-c2cc(C(=O)O)cc(C(=O)O)c2)c1N. The molecule has 0 bridgehead atoms. The molecule has 0 aliphatic carbocycles. The largest absolute Gasteiger partial charge is 0.478 e. The van der Waals surface area contributed by atoms with E-state index in [2.05, 4.69) is 49.9 Å². The first-order chi connectivity index (χ1) is 17.2. The average molecular weight is 508 g/mol. The molecule has 0 radical (unpaired) electrons. The molecule has 4 aromatic rings. The summed E-state index contributed by atoms with van der Waals surface area (Å²) in [5, 5.41) is 39.7. The van der Waals surface area contributed by atoms with E-state index in [-0.39, 0.29) is 33.6 Å². The van der Waals surface area contributed by atoms with Crippen molar-refractivity contribution >= 4 is 29.1 Å². The first-order valence-corrected chi connectivity index (χ1v) is 11.2. The maximum Gasteiger partial charge on any atom is 0.335 e. The van der Waals surface area contributed by atoms with Gasteiger partial charge in [0.05, 0.1) is 28.7 Å². The van der Waals surface area contributed by atoms with E-state index in [0.29, 0.717) is 5.92 Å². The Hall–Kier alpha value is -4.86. The van der Waals surface area contributed by atoms with E-state index in [1.807, 2.05) is 22.3 Å². The Morgan fingerprint density at radius 3 is 2.05 bits per heavy atom. The highest BCUT2D eigenvalue weighted by Crippen LogP contribution is 2.31. The van der Waals surface area contributed by atoms with Gasteiger partial charge < -0.3 is 21.7 Å². The van der Waals surface area contributed by atoms with Crippen LogP contribution in [0.1, 0.15) is 78.3 Å². The summed E-state index contributed by atoms with van der Waals surface area (Å²) in [5.74, 6) is -1.27. The third-order valence-electron chi connectivity index (χ3n) is 5.48. The third-order valence-corrected chi connectivity index (χ3v) is 5.48. The molecular weight excluding hydrogens is 478 g/mol. The van der Waals surface area contributed by atoms with Crippen molar-refractivity contribution in [2.45, 2.75) is 46.0 Å². The van der Waals surface area contributed by atoms with Crippen molar-refractivity contribution in [2.24, 2.45) is 7.05 Å². The second-order valence-electron chi connectivity index (χ2n) is 9.73. The van der Waals surface area contributed by atoms with E-state index < -0.39 is 11.9 Å². The monoisotopic (exact) mass is 507 g/mol. The van der Waals surface area contributed by atoms with Gasteiger partial charge >= 0.3 is 11.9 Å². The van der Waals surface area contributed by atoms with Gasteiger partial charge in [-0.2, -0.15) is 25.1 Å². The van der Waals surface area contributed by atoms with Crippen LogP contribution in [0.2, 0.25) is 0 Å². The van der Waals surface area contributed by atoms with Crippen molar-refractivity contribution in [3.8, 4) is 11.8 Å². The van der Waals surface area contributed by atoms with E-state index in [9.17, 15) is 9.59 Å². The summed E-state index contributed by atoms with van der Waals surface area (Å²) in [6.45, 7) is 10.6. The Balaban J connectivity index is 0.000000208. The highest BCUT2D eigenvalue weighted by atomic mass is 16.4. The van der Waals surface area contributed by atoms with Crippen LogP contribution in [0.5, 0.6) is 0 Å². The highest BCUT2D eigenvalue weighted by Gasteiger charge is 2.26. The standard InChI is InChI=1S/C12H21N5.C12H8N4O4/c1-7(2)10-15-16(6)11-8(13)9(12(3,4)5)14-17(10)11;13-4-8-5-15-16(10(8)14)9-2-6(11(17)18)1-7(3-9)12(19)20/h7H,13H2,1-6H3;1-3,5H,14H2,(H,17,18)(H,19,20). The third kappa shape index (κ3) is 5.08. The number of anilines is 2. The smallest absolute Gasteiger partial charge is 0.335 e. The number of carbonyl (C=O) groups is 2. The minimum Gasteiger partial charge on any atom is -0.478 e. The molecule has 0 atom stereocenters. The van der Waals surface area contributed by atoms with Crippen molar-refractivity contribution in [1.29, 1.82) is 5.26 Å². The lowest BCUT2D eigenvalue weighted by Gasteiger charge is -2.15. The zero-order valence-corrected chi connectivity index (χ0v) is 21.4. The fourth-order valence-corrected chi connectivity index (χ4v) is 3.68. The number of aromatic nitrogens is 6. The molecule has 3 aromatic heterocycles. The van der Waals surface area contributed by atoms with Crippen molar-refractivity contribution in [1.82, 2.24) is 29.2 Å². The predicted molar refractivity (Wildman–Crippen MR) is 136 cm³/mol. The molecular formula is C24H29N9O4. The summed E-state index contributed by atoms with van der Waals surface area (Å²) < 4.78 is 4.80. The van der Waals surface area contributed by atoms with Crippen molar-refractivity contribution < 1.29 is 19.8 Å². The van der Waals surface area contributed by atoms with Gasteiger partial charge in [0.2, 0.25) is 0 Å². The molecule has 194 valence electrons. The predicted octanol–water partition coefficient (Wildman–Crippen LogP) is 2.79. The van der Waals surface area contributed by atoms with Gasteiger partial charge in [0.15, 0.2) is 11.5 Å². The molecule has 13 heteroatoms. The van der Waals surface area contributed by atoms with Gasteiger partial charge in [-0.3, -0.25) is 0 Å². The summed E-state index contributed by atoms with van der Waals surface area (Å²) in [6, 6.07) is 5.29. The molecule has 3 heterocycles. The molecule has 0 spiro atoms. The number of nitriles is 1. The summed E-state index contributed by atoms with van der Waals surface area (Å²) in [7, 11) is 1.91. The molecule has 4 rings (SSSR count). The number of benzene rings is 1. The number of aryl methyl sites for hydroxylation is 1. The van der Waals surface area contributed by atoms with Gasteiger partial charge in [-0.15, -0.1) is 0 Å². The summed E-state index contributed by atoms with van der Waals surface area (Å²) in [6.07, 6.45) is 1.21. The fourth-order valence-electron chi connectivity index (χ4n) is 3.68. The number of nitrogens with two attached hydrogens (primary N) is 2. The molecule has 0 fully saturated rings. The van der Waals surface area contributed by atoms with Crippen LogP contribution < -0.4 is 11.5 Å². The molecule has 0 amide bonds. The molecule has 0 saturated carbocycles. The van der Waals surface area contributed by atoms with E-state index in [1.165, 1.54) is 18.3 Å². The van der Waals surface area contributed by atoms with Crippen molar-refractivity contribution in [2.75, 3.05) is 11.5 Å². The Labute approximate surface area is 212 Å². The van der Waals surface area contributed by atoms with Gasteiger partial charge in [0.1, 0.15) is 23.1 Å². The van der Waals surface area contributed by atoms with Crippen molar-refractivity contribution in [3.63, 3.8) is 0 Å². The number of aromatic carboxylic acids is 2. The molecule has 13 nitrogen and oxygen atoms in total. The fraction of sp³-hybridized carbons (Fsp3) is 0.333. The number of nitrogens with zero attached hydrogens (tertiary/aromatic N) is 7. The molecule has 37 heavy (non-hydrogen) atoms. The maximum atomic E-state index is 11.0. The second-order valence-corrected chi connectivity index (χ2v) is 9.73. The normalized spacial score (nSPS) is 11.3. The number of carboxylic acids is 2. The molecule has 1 aromatic carbocycles. The lowest BCUT2D eigenvalue weighted by atomic mass is 9.91. The number of fused-ring (bicyclic) bond motifs is 1. The zero-order chi connectivity index (χ0) is 27.8. The molecule has 0 saturated heterocycles. The number of hydrogen-bond donors (Lipinski definition) is 4. The van der Waals surface area contributed by atoms with Crippen LogP contribution in [0.15, 0.2) is 24.4 Å². The summed E-state index contributed by atoms with van der Waals surface area (Å²) in [4.78, 5) is 22.0. The zero-order valence-electron chi connectivity index (χ0n) is 21.4. The summed E-state index contributed by atoms with van der Waals surface area (Å²) >= 11 is 0. The maximum absolute atomic E-state index is 11.0. The van der Waals surface area contributed by atoms with E-state index in [4.69, 9.17) is 26.9 Å². The Morgan fingerprint density at radius 2 is 1.62 bits per heavy atom. The van der Waals surface area contributed by atoms with Gasteiger partial charge in [0, 0.05) is 18.4 Å². The number of rotatable bonds is 4. The van der Waals surface area contributed by atoms with Crippen LogP contribution in [-0.2, 0) is 12.5 Å². The van der Waals surface area contributed by atoms with Gasteiger partial charge in [-0.05, 0) is 18.2 Å². The number of nitrogen functional groups attached to an aromatic ring is 2. The van der Waals surface area contributed by atoms with Crippen LogP contribution in [0.4, 0.5) is 11.5 Å². The number of carboxylic acid groups (broad SMARTS) is 2. The number of hydrogen-bond acceptors (Lipinski definition) is 8. The first-order valence-electron chi connectivity index (χ1n) is 11.2. The molecule has 6 N–H and O–H groups in total. The Morgan fingerprint density at radius 1 is 1.05 bits per heavy atom. The van der Waals surface area contributed by atoms with Gasteiger partial charge in [-0.25, -0.2) is 19.0 Å². The van der Waals surface area contributed by atoms with Crippen LogP contribution >= 0.6 is 0 Å². The van der Waals surface area contributed by atoms with Crippen LogP contribution in [0, 0.1) is 11.3 Å². The topological polar surface area (TPSA) is 203 Å². The molecule has 0 aliphatic rings. The highest BCUT2D eigenvalue weighted by molar-refractivity contribution is 5.94. The Kier molecular flexibility index (Phi) is 6.97. The van der Waals surface area contributed by atoms with E-state index in [1.54, 1.807) is 0 Å². The van der Waals surface area contributed by atoms with Crippen molar-refractivity contribution in [3.05, 3.63) is 52.6 Å². The van der Waals surface area contributed by atoms with Gasteiger partial charge in [0.25, 0.3) is 0 Å². The first kappa shape index (κ1) is 26.7. The molecule has 0 aliphatic heterocycles. The quantitative estimate of drug-likeness (QED) is 0.318. The molecule has 0 unspecified atom stereocenters. The van der Waals surface area contributed by atoms with E-state index >= 15 is 0 Å². The van der Waals surface area contributed by atoms with Crippen LogP contribution in [-0.4, -0.2) is 51.3 Å². The van der Waals surface area contributed by atoms with E-state index in [0.717, 1.165) is 33.6 Å². The Bertz CT molecular complexity index is 1510. The van der Waals surface area contributed by atoms with Crippen LogP contribution in [0.25, 0.3) is 11.3 Å². The van der Waals surface area contributed by atoms with Crippen LogP contribution in [0.3, 0.4) is 0 Å². The summed E-state index contributed by atoms with van der Waals surface area (Å²) in [5.41, 5.74) is 14.2.